The molecular formula is C29H23FN4O3S. The Labute approximate surface area is 222 Å². The van der Waals surface area contributed by atoms with Gasteiger partial charge in [0.15, 0.2) is 0 Å². The van der Waals surface area contributed by atoms with Crippen LogP contribution in [0.5, 0.6) is 11.5 Å². The number of fused-ring (bicyclic) bond motifs is 1. The molecule has 38 heavy (non-hydrogen) atoms. The minimum atomic E-state index is -0.547. The second kappa shape index (κ2) is 10.7. The van der Waals surface area contributed by atoms with Gasteiger partial charge in [0, 0.05) is 10.8 Å². The van der Waals surface area contributed by atoms with Gasteiger partial charge in [0.25, 0.3) is 5.91 Å². The van der Waals surface area contributed by atoms with Gasteiger partial charge in [-0.2, -0.15) is 10.4 Å². The molecule has 3 aromatic carbocycles. The van der Waals surface area contributed by atoms with Crippen LogP contribution in [0.4, 0.5) is 4.39 Å². The highest BCUT2D eigenvalue weighted by Gasteiger charge is 2.25. The summed E-state index contributed by atoms with van der Waals surface area (Å²) < 4.78 is 27.0. The Kier molecular flexibility index (Phi) is 7.07. The first-order valence-corrected chi connectivity index (χ1v) is 12.7. The number of nitriles is 1. The van der Waals surface area contributed by atoms with Crippen molar-refractivity contribution in [3.8, 4) is 23.3 Å². The van der Waals surface area contributed by atoms with E-state index in [1.165, 1.54) is 23.5 Å². The Morgan fingerprint density at radius 1 is 1.11 bits per heavy atom. The molecule has 0 bridgehead atoms. The molecule has 1 N–H and O–H groups in total. The monoisotopic (exact) mass is 526 g/mol. The molecule has 190 valence electrons. The number of carbonyl (C=O) groups excluding carboxylic acids is 1. The number of amides is 1. The first kappa shape index (κ1) is 25.0. The molecule has 0 saturated carbocycles. The first-order valence-electron chi connectivity index (χ1n) is 11.8. The summed E-state index contributed by atoms with van der Waals surface area (Å²) in [6.07, 6.45) is 1.18. The molecule has 9 heteroatoms. The van der Waals surface area contributed by atoms with E-state index in [0.717, 1.165) is 22.2 Å². The molecule has 0 fully saturated rings. The van der Waals surface area contributed by atoms with E-state index in [-0.39, 0.29) is 11.7 Å². The minimum absolute atomic E-state index is 0.281. The summed E-state index contributed by atoms with van der Waals surface area (Å²) in [6.45, 7) is 1.87. The molecule has 7 nitrogen and oxygen atoms in total. The van der Waals surface area contributed by atoms with Crippen molar-refractivity contribution in [1.29, 1.82) is 5.26 Å². The van der Waals surface area contributed by atoms with Crippen molar-refractivity contribution in [1.82, 2.24) is 15.1 Å². The molecule has 1 amide bonds. The lowest BCUT2D eigenvalue weighted by molar-refractivity contribution is 0.0886. The van der Waals surface area contributed by atoms with Gasteiger partial charge in [-0.3, -0.25) is 4.79 Å². The summed E-state index contributed by atoms with van der Waals surface area (Å²) in [5.41, 5.74) is 2.86. The number of nitrogens with zero attached hydrogens (tertiary/aromatic N) is 3. The van der Waals surface area contributed by atoms with Crippen molar-refractivity contribution in [2.24, 2.45) is 0 Å². The number of hydrogen-bond acceptors (Lipinski definition) is 6. The molecule has 5 rings (SSSR count). The minimum Gasteiger partial charge on any atom is -0.497 e. The second-order valence-electron chi connectivity index (χ2n) is 8.64. The van der Waals surface area contributed by atoms with Crippen LogP contribution < -0.4 is 14.8 Å². The van der Waals surface area contributed by atoms with E-state index in [1.807, 2.05) is 55.5 Å². The predicted molar refractivity (Wildman–Crippen MR) is 143 cm³/mol. The van der Waals surface area contributed by atoms with Crippen LogP contribution in [-0.2, 0) is 0 Å². The zero-order valence-electron chi connectivity index (χ0n) is 20.6. The van der Waals surface area contributed by atoms with Crippen molar-refractivity contribution in [2.75, 3.05) is 7.11 Å². The van der Waals surface area contributed by atoms with Crippen LogP contribution in [0.3, 0.4) is 0 Å². The Hall–Kier alpha value is -4.68. The SMILES string of the molecule is COc1cccc(C(Oc2ccc3c(cnn3-c3ccc(F)cc3)c2)C(C)NC(=O)c2cc(C#N)cs2)c1. The van der Waals surface area contributed by atoms with Gasteiger partial charge < -0.3 is 14.8 Å². The standard InChI is InChI=1S/C29H23FN4O3S/c1-18(33-29(35)27-12-19(15-31)17-38-27)28(20-4-3-5-24(13-20)36-2)37-25-10-11-26-21(14-25)16-32-34(26)23-8-6-22(30)7-9-23/h3-14,16-18,28H,1-2H3,(H,33,35). The van der Waals surface area contributed by atoms with E-state index in [1.54, 1.807) is 41.6 Å². The topological polar surface area (TPSA) is 89.2 Å². The van der Waals surface area contributed by atoms with Gasteiger partial charge in [0.05, 0.1) is 41.0 Å². The number of carbonyl (C=O) groups is 1. The smallest absolute Gasteiger partial charge is 0.261 e. The van der Waals surface area contributed by atoms with Crippen LogP contribution in [0.2, 0.25) is 0 Å². The maximum absolute atomic E-state index is 13.4. The zero-order chi connectivity index (χ0) is 26.6. The summed E-state index contributed by atoms with van der Waals surface area (Å²) in [5.74, 6) is 0.669. The largest absolute Gasteiger partial charge is 0.497 e. The number of rotatable bonds is 8. The highest BCUT2D eigenvalue weighted by molar-refractivity contribution is 7.12. The molecule has 0 aliphatic carbocycles. The van der Waals surface area contributed by atoms with Gasteiger partial charge in [-0.05, 0) is 73.2 Å². The van der Waals surface area contributed by atoms with Gasteiger partial charge in [-0.1, -0.05) is 12.1 Å². The molecule has 0 radical (unpaired) electrons. The van der Waals surface area contributed by atoms with Crippen molar-refractivity contribution < 1.29 is 18.7 Å². The van der Waals surface area contributed by atoms with Crippen molar-refractivity contribution in [3.05, 3.63) is 106 Å². The Morgan fingerprint density at radius 2 is 1.92 bits per heavy atom. The lowest BCUT2D eigenvalue weighted by atomic mass is 10.0. The molecule has 0 aliphatic rings. The fraction of sp³-hybridized carbons (Fsp3) is 0.138. The highest BCUT2D eigenvalue weighted by atomic mass is 32.1. The first-order chi connectivity index (χ1) is 18.4. The van der Waals surface area contributed by atoms with E-state index in [0.29, 0.717) is 21.9 Å². The average molecular weight is 527 g/mol. The van der Waals surface area contributed by atoms with E-state index < -0.39 is 12.1 Å². The molecule has 0 spiro atoms. The molecule has 0 saturated heterocycles. The predicted octanol–water partition coefficient (Wildman–Crippen LogP) is 6.04. The van der Waals surface area contributed by atoms with Gasteiger partial charge in [0.1, 0.15) is 29.5 Å². The summed E-state index contributed by atoms with van der Waals surface area (Å²) in [7, 11) is 1.59. The lowest BCUT2D eigenvalue weighted by Crippen LogP contribution is -2.39. The third-order valence-electron chi connectivity index (χ3n) is 6.06. The van der Waals surface area contributed by atoms with Crippen LogP contribution in [0, 0.1) is 17.1 Å². The number of halogens is 1. The molecule has 5 aromatic rings. The van der Waals surface area contributed by atoms with Crippen LogP contribution in [0.25, 0.3) is 16.6 Å². The molecular weight excluding hydrogens is 503 g/mol. The summed E-state index contributed by atoms with van der Waals surface area (Å²) in [5, 5.41) is 19.0. The maximum Gasteiger partial charge on any atom is 0.261 e. The number of nitrogens with one attached hydrogen (secondary N) is 1. The number of hydrogen-bond donors (Lipinski definition) is 1. The van der Waals surface area contributed by atoms with Crippen molar-refractivity contribution in [3.63, 3.8) is 0 Å². The van der Waals surface area contributed by atoms with E-state index in [2.05, 4.69) is 10.4 Å². The average Bonchev–Trinajstić information content (AvgIpc) is 3.59. The number of aromatic nitrogens is 2. The maximum atomic E-state index is 13.4. The second-order valence-corrected chi connectivity index (χ2v) is 9.55. The van der Waals surface area contributed by atoms with E-state index in [9.17, 15) is 9.18 Å². The lowest BCUT2D eigenvalue weighted by Gasteiger charge is -2.27. The van der Waals surface area contributed by atoms with Crippen molar-refractivity contribution >= 4 is 28.1 Å². The molecule has 0 aliphatic heterocycles. The molecule has 2 unspecified atom stereocenters. The fourth-order valence-corrected chi connectivity index (χ4v) is 4.90. The highest BCUT2D eigenvalue weighted by Crippen LogP contribution is 2.30. The Balaban J connectivity index is 1.43. The normalized spacial score (nSPS) is 12.5. The van der Waals surface area contributed by atoms with Crippen LogP contribution >= 0.6 is 11.3 Å². The molecule has 2 heterocycles. The van der Waals surface area contributed by atoms with Gasteiger partial charge in [0.2, 0.25) is 0 Å². The fourth-order valence-electron chi connectivity index (χ4n) is 4.16. The summed E-state index contributed by atoms with van der Waals surface area (Å²) in [6, 6.07) is 22.4. The number of benzene rings is 3. The van der Waals surface area contributed by atoms with Gasteiger partial charge in [-0.25, -0.2) is 9.07 Å². The molecule has 2 aromatic heterocycles. The third-order valence-corrected chi connectivity index (χ3v) is 6.99. The molecule has 2 atom stereocenters. The van der Waals surface area contributed by atoms with Crippen LogP contribution in [0.1, 0.15) is 33.8 Å². The summed E-state index contributed by atoms with van der Waals surface area (Å²) in [4.78, 5) is 13.4. The third kappa shape index (κ3) is 5.21. The van der Waals surface area contributed by atoms with E-state index in [4.69, 9.17) is 14.7 Å². The van der Waals surface area contributed by atoms with Gasteiger partial charge in [-0.15, -0.1) is 11.3 Å². The number of ether oxygens (including phenoxy) is 2. The number of methoxy groups -OCH3 is 1. The van der Waals surface area contributed by atoms with Crippen LogP contribution in [-0.4, -0.2) is 28.8 Å². The van der Waals surface area contributed by atoms with Crippen LogP contribution in [0.15, 0.2) is 84.4 Å². The van der Waals surface area contributed by atoms with E-state index >= 15 is 0 Å². The number of thiophene rings is 1. The Morgan fingerprint density at radius 3 is 2.66 bits per heavy atom. The van der Waals surface area contributed by atoms with Gasteiger partial charge >= 0.3 is 0 Å². The Bertz CT molecular complexity index is 1640. The summed E-state index contributed by atoms with van der Waals surface area (Å²) >= 11 is 1.22. The van der Waals surface area contributed by atoms with Crippen molar-refractivity contribution in [2.45, 2.75) is 19.1 Å². The quantitative estimate of drug-likeness (QED) is 0.266. The zero-order valence-corrected chi connectivity index (χ0v) is 21.4.